The van der Waals surface area contributed by atoms with Crippen LogP contribution in [0.3, 0.4) is 0 Å². The highest BCUT2D eigenvalue weighted by Gasteiger charge is 2.27. The molecule has 1 fully saturated rings. The summed E-state index contributed by atoms with van der Waals surface area (Å²) >= 11 is 0. The fourth-order valence-electron chi connectivity index (χ4n) is 3.49. The first-order valence-electron chi connectivity index (χ1n) is 9.43. The quantitative estimate of drug-likeness (QED) is 0.729. The number of hydrogen-bond acceptors (Lipinski definition) is 5. The number of H-pyrrole nitrogens is 1. The molecule has 0 saturated carbocycles. The van der Waals surface area contributed by atoms with Gasteiger partial charge in [0, 0.05) is 36.5 Å². The standard InChI is InChI=1S/C20H23N7O/c1-13-21-9-8-18(22-13)15-5-3-7-17(11-15)24-20(28)27-10-4-6-16(12-27)19-23-14(2)25-26-19/h3,5,7-9,11,16H,4,6,10,12H2,1-2H3,(H,24,28)(H,23,25,26)/t16-/m0/s1. The second-order valence-corrected chi connectivity index (χ2v) is 7.06. The van der Waals surface area contributed by atoms with Crippen LogP contribution >= 0.6 is 0 Å². The van der Waals surface area contributed by atoms with Crippen molar-refractivity contribution in [3.63, 3.8) is 0 Å². The monoisotopic (exact) mass is 377 g/mol. The van der Waals surface area contributed by atoms with E-state index in [4.69, 9.17) is 0 Å². The number of amides is 2. The fourth-order valence-corrected chi connectivity index (χ4v) is 3.49. The van der Waals surface area contributed by atoms with E-state index in [1.807, 2.05) is 49.1 Å². The zero-order valence-electron chi connectivity index (χ0n) is 16.0. The topological polar surface area (TPSA) is 99.7 Å². The number of hydrogen-bond donors (Lipinski definition) is 2. The zero-order valence-corrected chi connectivity index (χ0v) is 16.0. The Morgan fingerprint density at radius 1 is 1.25 bits per heavy atom. The van der Waals surface area contributed by atoms with E-state index in [9.17, 15) is 4.79 Å². The lowest BCUT2D eigenvalue weighted by Gasteiger charge is -2.31. The third-order valence-electron chi connectivity index (χ3n) is 4.87. The number of aromatic nitrogens is 5. The molecule has 4 rings (SSSR count). The largest absolute Gasteiger partial charge is 0.324 e. The third-order valence-corrected chi connectivity index (χ3v) is 4.87. The summed E-state index contributed by atoms with van der Waals surface area (Å²) in [6.07, 6.45) is 3.66. The van der Waals surface area contributed by atoms with E-state index in [1.165, 1.54) is 0 Å². The SMILES string of the molecule is Cc1nccc(-c2cccc(NC(=O)N3CCC[C@H](c4n[nH]c(C)n4)C3)c2)n1. The molecule has 0 aliphatic carbocycles. The van der Waals surface area contributed by atoms with Crippen molar-refractivity contribution < 1.29 is 4.79 Å². The van der Waals surface area contributed by atoms with Crippen molar-refractivity contribution in [1.82, 2.24) is 30.0 Å². The van der Waals surface area contributed by atoms with E-state index in [2.05, 4.69) is 30.5 Å². The van der Waals surface area contributed by atoms with E-state index >= 15 is 0 Å². The molecule has 144 valence electrons. The lowest BCUT2D eigenvalue weighted by molar-refractivity contribution is 0.191. The number of anilines is 1. The molecular weight excluding hydrogens is 354 g/mol. The molecule has 2 N–H and O–H groups in total. The Morgan fingerprint density at radius 3 is 2.93 bits per heavy atom. The van der Waals surface area contributed by atoms with Crippen molar-refractivity contribution in [2.24, 2.45) is 0 Å². The van der Waals surface area contributed by atoms with Gasteiger partial charge >= 0.3 is 6.03 Å². The van der Waals surface area contributed by atoms with Gasteiger partial charge in [-0.05, 0) is 44.9 Å². The van der Waals surface area contributed by atoms with Gasteiger partial charge < -0.3 is 10.2 Å². The Morgan fingerprint density at radius 2 is 2.14 bits per heavy atom. The van der Waals surface area contributed by atoms with E-state index in [0.717, 1.165) is 48.0 Å². The van der Waals surface area contributed by atoms with Crippen molar-refractivity contribution >= 4 is 11.7 Å². The van der Waals surface area contributed by atoms with Crippen LogP contribution in [0.4, 0.5) is 10.5 Å². The van der Waals surface area contributed by atoms with Gasteiger partial charge in [-0.1, -0.05) is 12.1 Å². The first-order chi connectivity index (χ1) is 13.6. The van der Waals surface area contributed by atoms with Gasteiger partial charge in [0.25, 0.3) is 0 Å². The minimum atomic E-state index is -0.104. The minimum absolute atomic E-state index is 0.104. The van der Waals surface area contributed by atoms with Gasteiger partial charge in [0.1, 0.15) is 11.6 Å². The van der Waals surface area contributed by atoms with E-state index < -0.39 is 0 Å². The summed E-state index contributed by atoms with van der Waals surface area (Å²) in [6.45, 7) is 5.10. The van der Waals surface area contributed by atoms with E-state index in [1.54, 1.807) is 6.20 Å². The molecule has 1 saturated heterocycles. The lowest BCUT2D eigenvalue weighted by atomic mass is 9.97. The highest BCUT2D eigenvalue weighted by atomic mass is 16.2. The number of likely N-dealkylation sites (tertiary alicyclic amines) is 1. The number of aryl methyl sites for hydroxylation is 2. The maximum Gasteiger partial charge on any atom is 0.321 e. The molecule has 28 heavy (non-hydrogen) atoms. The summed E-state index contributed by atoms with van der Waals surface area (Å²) in [5, 5.41) is 10.2. The molecule has 2 aromatic heterocycles. The average Bonchev–Trinajstić information content (AvgIpc) is 3.15. The summed E-state index contributed by atoms with van der Waals surface area (Å²) < 4.78 is 0. The van der Waals surface area contributed by atoms with Gasteiger partial charge in [0.15, 0.2) is 5.82 Å². The van der Waals surface area contributed by atoms with Crippen molar-refractivity contribution in [2.75, 3.05) is 18.4 Å². The second-order valence-electron chi connectivity index (χ2n) is 7.06. The Labute approximate surface area is 163 Å². The van der Waals surface area contributed by atoms with Gasteiger partial charge in [-0.3, -0.25) is 5.10 Å². The third kappa shape index (κ3) is 4.00. The first-order valence-corrected chi connectivity index (χ1v) is 9.43. The van der Waals surface area contributed by atoms with Crippen molar-refractivity contribution in [1.29, 1.82) is 0 Å². The molecule has 8 heteroatoms. The summed E-state index contributed by atoms with van der Waals surface area (Å²) in [7, 11) is 0. The highest BCUT2D eigenvalue weighted by Crippen LogP contribution is 2.26. The van der Waals surface area contributed by atoms with Gasteiger partial charge in [-0.15, -0.1) is 0 Å². The van der Waals surface area contributed by atoms with Gasteiger partial charge in [0.2, 0.25) is 0 Å². The second kappa shape index (κ2) is 7.75. The number of nitrogens with zero attached hydrogens (tertiary/aromatic N) is 5. The van der Waals surface area contributed by atoms with E-state index in [0.29, 0.717) is 12.4 Å². The van der Waals surface area contributed by atoms with Crippen LogP contribution in [0.25, 0.3) is 11.3 Å². The van der Waals surface area contributed by atoms with Crippen LogP contribution in [0.15, 0.2) is 36.5 Å². The molecule has 1 atom stereocenters. The number of aromatic amines is 1. The van der Waals surface area contributed by atoms with Crippen LogP contribution in [0.2, 0.25) is 0 Å². The van der Waals surface area contributed by atoms with Crippen LogP contribution in [0.5, 0.6) is 0 Å². The number of benzene rings is 1. The molecule has 1 aliphatic heterocycles. The molecule has 3 aromatic rings. The number of urea groups is 1. The summed E-state index contributed by atoms with van der Waals surface area (Å²) in [6, 6.07) is 9.46. The molecule has 0 bridgehead atoms. The average molecular weight is 377 g/mol. The normalized spacial score (nSPS) is 16.8. The van der Waals surface area contributed by atoms with Crippen LogP contribution in [-0.2, 0) is 0 Å². The molecule has 0 spiro atoms. The number of carbonyl (C=O) groups is 1. The van der Waals surface area contributed by atoms with Crippen molar-refractivity contribution in [2.45, 2.75) is 32.6 Å². The summed E-state index contributed by atoms with van der Waals surface area (Å²) in [4.78, 5) is 27.6. The fraction of sp³-hybridized carbons (Fsp3) is 0.350. The number of nitrogens with one attached hydrogen (secondary N) is 2. The maximum atomic E-state index is 12.8. The summed E-state index contributed by atoms with van der Waals surface area (Å²) in [5.41, 5.74) is 2.52. The predicted octanol–water partition coefficient (Wildman–Crippen LogP) is 3.29. The van der Waals surface area contributed by atoms with E-state index in [-0.39, 0.29) is 11.9 Å². The Hall–Kier alpha value is -3.29. The molecule has 1 aliphatic rings. The number of carbonyl (C=O) groups excluding carboxylic acids is 1. The Balaban J connectivity index is 1.45. The first kappa shape index (κ1) is 18.1. The Bertz CT molecular complexity index is 984. The van der Waals surface area contributed by atoms with Crippen LogP contribution < -0.4 is 5.32 Å². The molecule has 3 heterocycles. The maximum absolute atomic E-state index is 12.8. The highest BCUT2D eigenvalue weighted by molar-refractivity contribution is 5.90. The van der Waals surface area contributed by atoms with Crippen LogP contribution in [0, 0.1) is 13.8 Å². The number of rotatable bonds is 3. The van der Waals surface area contributed by atoms with Crippen LogP contribution in [-0.4, -0.2) is 49.2 Å². The van der Waals surface area contributed by atoms with Crippen molar-refractivity contribution in [3.05, 3.63) is 54.0 Å². The van der Waals surface area contributed by atoms with Gasteiger partial charge in [-0.25, -0.2) is 19.7 Å². The number of piperidine rings is 1. The molecule has 2 amide bonds. The zero-order chi connectivity index (χ0) is 19.5. The Kier molecular flexibility index (Phi) is 5.01. The smallest absolute Gasteiger partial charge is 0.321 e. The van der Waals surface area contributed by atoms with Crippen molar-refractivity contribution in [3.8, 4) is 11.3 Å². The van der Waals surface area contributed by atoms with Gasteiger partial charge in [-0.2, -0.15) is 5.10 Å². The molecule has 0 radical (unpaired) electrons. The lowest BCUT2D eigenvalue weighted by Crippen LogP contribution is -2.41. The molecule has 8 nitrogen and oxygen atoms in total. The van der Waals surface area contributed by atoms with Gasteiger partial charge in [0.05, 0.1) is 5.69 Å². The minimum Gasteiger partial charge on any atom is -0.324 e. The summed E-state index contributed by atoms with van der Waals surface area (Å²) in [5.74, 6) is 2.47. The molecular formula is C20H23N7O. The molecule has 1 aromatic carbocycles. The molecule has 0 unspecified atom stereocenters. The predicted molar refractivity (Wildman–Crippen MR) is 106 cm³/mol. The van der Waals surface area contributed by atoms with Crippen LogP contribution in [0.1, 0.15) is 36.2 Å².